The van der Waals surface area contributed by atoms with E-state index in [-0.39, 0.29) is 18.6 Å². The highest BCUT2D eigenvalue weighted by molar-refractivity contribution is 5.76. The molecule has 3 unspecified atom stereocenters. The van der Waals surface area contributed by atoms with Crippen LogP contribution in [0.2, 0.25) is 0 Å². The molecule has 1 saturated carbocycles. The molecule has 0 heterocycles. The average Bonchev–Trinajstić information content (AvgIpc) is 2.33. The highest BCUT2D eigenvalue weighted by Crippen LogP contribution is 2.28. The molecule has 0 aromatic heterocycles. The smallest absolute Gasteiger partial charge is 0.317 e. The number of urea groups is 1. The number of hydrogen-bond donors (Lipinski definition) is 2. The summed E-state index contributed by atoms with van der Waals surface area (Å²) in [4.78, 5) is 24.7. The zero-order chi connectivity index (χ0) is 15.3. The van der Waals surface area contributed by atoms with Crippen molar-refractivity contribution in [2.24, 2.45) is 17.8 Å². The summed E-state index contributed by atoms with van der Waals surface area (Å²) < 4.78 is 0. The molecule has 1 aliphatic rings. The normalized spacial score (nSPS) is 27.7. The Bertz CT molecular complexity index is 336. The molecule has 3 atom stereocenters. The molecule has 0 bridgehead atoms. The first-order valence-corrected chi connectivity index (χ1v) is 7.61. The van der Waals surface area contributed by atoms with E-state index in [4.69, 9.17) is 5.11 Å². The van der Waals surface area contributed by atoms with Crippen molar-refractivity contribution < 1.29 is 14.7 Å². The van der Waals surface area contributed by atoms with Crippen molar-refractivity contribution in [3.05, 3.63) is 0 Å². The summed E-state index contributed by atoms with van der Waals surface area (Å²) in [6.07, 6.45) is 3.25. The van der Waals surface area contributed by atoms with Crippen LogP contribution in [0.1, 0.15) is 47.0 Å². The van der Waals surface area contributed by atoms with Gasteiger partial charge in [0.05, 0.1) is 5.92 Å². The van der Waals surface area contributed by atoms with E-state index in [9.17, 15) is 9.59 Å². The fraction of sp³-hybridized carbons (Fsp3) is 0.867. The lowest BCUT2D eigenvalue weighted by Crippen LogP contribution is -2.48. The van der Waals surface area contributed by atoms with Gasteiger partial charge < -0.3 is 15.3 Å². The predicted octanol–water partition coefficient (Wildman–Crippen LogP) is 2.56. The fourth-order valence-electron chi connectivity index (χ4n) is 3.10. The van der Waals surface area contributed by atoms with Gasteiger partial charge >= 0.3 is 12.0 Å². The van der Waals surface area contributed by atoms with Gasteiger partial charge in [-0.05, 0) is 38.0 Å². The lowest BCUT2D eigenvalue weighted by atomic mass is 9.80. The summed E-state index contributed by atoms with van der Waals surface area (Å²) in [6.45, 7) is 8.73. The number of amides is 2. The molecule has 0 spiro atoms. The Morgan fingerprint density at radius 3 is 2.25 bits per heavy atom. The maximum atomic E-state index is 12.2. The molecular weight excluding hydrogens is 256 g/mol. The molecule has 0 aromatic carbocycles. The zero-order valence-corrected chi connectivity index (χ0v) is 13.1. The molecule has 0 saturated heterocycles. The second-order valence-corrected chi connectivity index (χ2v) is 6.34. The van der Waals surface area contributed by atoms with Crippen molar-refractivity contribution in [3.8, 4) is 0 Å². The first kappa shape index (κ1) is 16.8. The lowest BCUT2D eigenvalue weighted by molar-refractivity contribution is -0.141. The number of nitrogens with one attached hydrogen (secondary N) is 1. The largest absolute Gasteiger partial charge is 0.481 e. The molecule has 1 aliphatic carbocycles. The molecule has 2 amide bonds. The maximum absolute atomic E-state index is 12.2. The van der Waals surface area contributed by atoms with Crippen molar-refractivity contribution >= 4 is 12.0 Å². The van der Waals surface area contributed by atoms with Gasteiger partial charge in [-0.1, -0.05) is 20.8 Å². The molecule has 2 N–H and O–H groups in total. The van der Waals surface area contributed by atoms with Gasteiger partial charge in [0.1, 0.15) is 0 Å². The quantitative estimate of drug-likeness (QED) is 0.815. The molecule has 0 radical (unpaired) electrons. The van der Waals surface area contributed by atoms with Crippen LogP contribution in [0, 0.1) is 17.8 Å². The third kappa shape index (κ3) is 5.02. The lowest BCUT2D eigenvalue weighted by Gasteiger charge is -2.34. The van der Waals surface area contributed by atoms with Gasteiger partial charge in [0, 0.05) is 19.1 Å². The van der Waals surface area contributed by atoms with Crippen LogP contribution in [-0.2, 0) is 4.79 Å². The molecule has 5 nitrogen and oxygen atoms in total. The molecule has 0 aromatic rings. The van der Waals surface area contributed by atoms with Gasteiger partial charge in [-0.25, -0.2) is 4.79 Å². The Hall–Kier alpha value is -1.26. The van der Waals surface area contributed by atoms with Crippen LogP contribution in [0.15, 0.2) is 0 Å². The first-order valence-electron chi connectivity index (χ1n) is 7.61. The Kier molecular flexibility index (Phi) is 6.30. The standard InChI is InChI=1S/C15H28N2O3/c1-5-17(9-12(4)14(18)19)15(20)16-13-7-10(2)6-11(3)8-13/h10-13H,5-9H2,1-4H3,(H,16,20)(H,18,19). The van der Waals surface area contributed by atoms with Crippen LogP contribution in [0.5, 0.6) is 0 Å². The SMILES string of the molecule is CCN(CC(C)C(=O)O)C(=O)NC1CC(C)CC(C)C1. The van der Waals surface area contributed by atoms with Crippen LogP contribution in [0.4, 0.5) is 4.79 Å². The number of hydrogen-bond acceptors (Lipinski definition) is 2. The zero-order valence-electron chi connectivity index (χ0n) is 13.1. The molecular formula is C15H28N2O3. The number of carbonyl (C=O) groups excluding carboxylic acids is 1. The number of carboxylic acid groups (broad SMARTS) is 1. The second kappa shape index (κ2) is 7.50. The minimum Gasteiger partial charge on any atom is -0.481 e. The number of rotatable bonds is 5. The summed E-state index contributed by atoms with van der Waals surface area (Å²) in [5.74, 6) is -0.129. The Balaban J connectivity index is 2.52. The van der Waals surface area contributed by atoms with Crippen LogP contribution in [0.3, 0.4) is 0 Å². The highest BCUT2D eigenvalue weighted by Gasteiger charge is 2.27. The van der Waals surface area contributed by atoms with Crippen LogP contribution in [0.25, 0.3) is 0 Å². The van der Waals surface area contributed by atoms with E-state index in [1.54, 1.807) is 11.8 Å². The van der Waals surface area contributed by atoms with Crippen molar-refractivity contribution in [1.29, 1.82) is 0 Å². The van der Waals surface area contributed by atoms with Crippen molar-refractivity contribution in [1.82, 2.24) is 10.2 Å². The second-order valence-electron chi connectivity index (χ2n) is 6.34. The number of carboxylic acids is 1. The molecule has 0 aliphatic heterocycles. The summed E-state index contributed by atoms with van der Waals surface area (Å²) in [5, 5.41) is 12.0. The van der Waals surface area contributed by atoms with E-state index in [1.165, 1.54) is 6.42 Å². The van der Waals surface area contributed by atoms with Crippen molar-refractivity contribution in [3.63, 3.8) is 0 Å². The van der Waals surface area contributed by atoms with E-state index >= 15 is 0 Å². The minimum atomic E-state index is -0.865. The van der Waals surface area contributed by atoms with E-state index < -0.39 is 11.9 Å². The molecule has 5 heteroatoms. The summed E-state index contributed by atoms with van der Waals surface area (Å²) >= 11 is 0. The average molecular weight is 284 g/mol. The van der Waals surface area contributed by atoms with Gasteiger partial charge in [-0.15, -0.1) is 0 Å². The third-order valence-electron chi connectivity index (χ3n) is 4.09. The molecule has 1 fully saturated rings. The van der Waals surface area contributed by atoms with Crippen LogP contribution in [-0.4, -0.2) is 41.1 Å². The van der Waals surface area contributed by atoms with Crippen molar-refractivity contribution in [2.75, 3.05) is 13.1 Å². The van der Waals surface area contributed by atoms with E-state index in [1.807, 2.05) is 6.92 Å². The topological polar surface area (TPSA) is 69.6 Å². The van der Waals surface area contributed by atoms with Gasteiger partial charge in [-0.2, -0.15) is 0 Å². The van der Waals surface area contributed by atoms with Crippen molar-refractivity contribution in [2.45, 2.75) is 53.0 Å². The maximum Gasteiger partial charge on any atom is 0.317 e. The highest BCUT2D eigenvalue weighted by atomic mass is 16.4. The third-order valence-corrected chi connectivity index (χ3v) is 4.09. The monoisotopic (exact) mass is 284 g/mol. The minimum absolute atomic E-state index is 0.132. The Morgan fingerprint density at radius 2 is 1.80 bits per heavy atom. The summed E-state index contributed by atoms with van der Waals surface area (Å²) in [6, 6.07) is 0.0855. The fourth-order valence-corrected chi connectivity index (χ4v) is 3.10. The van der Waals surface area contributed by atoms with E-state index in [2.05, 4.69) is 19.2 Å². The number of carbonyl (C=O) groups is 2. The van der Waals surface area contributed by atoms with Gasteiger partial charge in [-0.3, -0.25) is 4.79 Å². The summed E-state index contributed by atoms with van der Waals surface area (Å²) in [5.41, 5.74) is 0. The number of nitrogens with zero attached hydrogens (tertiary/aromatic N) is 1. The van der Waals surface area contributed by atoms with E-state index in [0.717, 1.165) is 12.8 Å². The molecule has 20 heavy (non-hydrogen) atoms. The predicted molar refractivity (Wildman–Crippen MR) is 78.5 cm³/mol. The Morgan fingerprint density at radius 1 is 1.25 bits per heavy atom. The van der Waals surface area contributed by atoms with Gasteiger partial charge in [0.25, 0.3) is 0 Å². The van der Waals surface area contributed by atoms with E-state index in [0.29, 0.717) is 18.4 Å². The Labute approximate surface area is 121 Å². The van der Waals surface area contributed by atoms with Crippen LogP contribution >= 0.6 is 0 Å². The molecule has 116 valence electrons. The number of aliphatic carboxylic acids is 1. The molecule has 1 rings (SSSR count). The van der Waals surface area contributed by atoms with Gasteiger partial charge in [0.15, 0.2) is 0 Å². The summed E-state index contributed by atoms with van der Waals surface area (Å²) in [7, 11) is 0. The van der Waals surface area contributed by atoms with Crippen LogP contribution < -0.4 is 5.32 Å². The van der Waals surface area contributed by atoms with Gasteiger partial charge in [0.2, 0.25) is 0 Å². The first-order chi connectivity index (χ1) is 9.33.